The Balaban J connectivity index is 1.77. The number of benzene rings is 3. The van der Waals surface area contributed by atoms with E-state index in [1.807, 2.05) is 61.5 Å². The molecule has 2 heterocycles. The minimum Gasteiger partial charge on any atom is -0.495 e. The Morgan fingerprint density at radius 1 is 1.03 bits per heavy atom. The maximum Gasteiger partial charge on any atom is 0.283 e. The molecule has 1 N–H and O–H groups in total. The zero-order valence-corrected chi connectivity index (χ0v) is 19.0. The second-order valence-corrected chi connectivity index (χ2v) is 8.76. The molecular formula is C26H23N3O2S. The van der Waals surface area contributed by atoms with Crippen LogP contribution in [0.2, 0.25) is 0 Å². The summed E-state index contributed by atoms with van der Waals surface area (Å²) in [5, 5.41) is 1.58. The van der Waals surface area contributed by atoms with Gasteiger partial charge in [-0.05, 0) is 48.7 Å². The van der Waals surface area contributed by atoms with Crippen LogP contribution in [0.15, 0.2) is 76.7 Å². The molecule has 6 heteroatoms. The SMILES string of the molecule is COc1ccc(C)cc1-n1c(SCc2ccccc2C)nc2c([nH]c3ccccc32)c1=O. The van der Waals surface area contributed by atoms with Crippen LogP contribution in [-0.2, 0) is 5.75 Å². The highest BCUT2D eigenvalue weighted by molar-refractivity contribution is 7.98. The van der Waals surface area contributed by atoms with E-state index in [0.717, 1.165) is 16.5 Å². The molecule has 0 saturated carbocycles. The average molecular weight is 442 g/mol. The van der Waals surface area contributed by atoms with Crippen molar-refractivity contribution in [1.82, 2.24) is 14.5 Å². The normalized spacial score (nSPS) is 11.3. The predicted molar refractivity (Wildman–Crippen MR) is 131 cm³/mol. The fraction of sp³-hybridized carbons (Fsp3) is 0.154. The van der Waals surface area contributed by atoms with Crippen molar-refractivity contribution in [3.8, 4) is 11.4 Å². The number of aryl methyl sites for hydroxylation is 2. The topological polar surface area (TPSA) is 59.9 Å². The van der Waals surface area contributed by atoms with E-state index in [2.05, 4.69) is 24.0 Å². The van der Waals surface area contributed by atoms with Gasteiger partial charge in [0, 0.05) is 16.7 Å². The number of hydrogen-bond donors (Lipinski definition) is 1. The summed E-state index contributed by atoms with van der Waals surface area (Å²) < 4.78 is 7.28. The average Bonchev–Trinajstić information content (AvgIpc) is 3.18. The number of nitrogens with zero attached hydrogens (tertiary/aromatic N) is 2. The van der Waals surface area contributed by atoms with E-state index in [0.29, 0.717) is 33.4 Å². The monoisotopic (exact) mass is 441 g/mol. The second-order valence-electron chi connectivity index (χ2n) is 7.82. The van der Waals surface area contributed by atoms with Crippen molar-refractivity contribution >= 4 is 33.7 Å². The van der Waals surface area contributed by atoms with E-state index in [1.165, 1.54) is 11.1 Å². The Morgan fingerprint density at radius 2 is 1.81 bits per heavy atom. The van der Waals surface area contributed by atoms with Crippen LogP contribution in [0.25, 0.3) is 27.6 Å². The molecule has 0 spiro atoms. The van der Waals surface area contributed by atoms with Crippen LogP contribution in [0.5, 0.6) is 5.75 Å². The molecule has 0 aliphatic carbocycles. The number of aromatic amines is 1. The molecule has 32 heavy (non-hydrogen) atoms. The van der Waals surface area contributed by atoms with Gasteiger partial charge in [-0.15, -0.1) is 0 Å². The summed E-state index contributed by atoms with van der Waals surface area (Å²) in [6, 6.07) is 22.0. The molecule has 0 atom stereocenters. The highest BCUT2D eigenvalue weighted by Gasteiger charge is 2.19. The summed E-state index contributed by atoms with van der Waals surface area (Å²) in [4.78, 5) is 22.1. The number of fused-ring (bicyclic) bond motifs is 3. The lowest BCUT2D eigenvalue weighted by atomic mass is 10.1. The molecule has 0 bridgehead atoms. The van der Waals surface area contributed by atoms with Crippen LogP contribution in [-0.4, -0.2) is 21.6 Å². The third-order valence-corrected chi connectivity index (χ3v) is 6.68. The lowest BCUT2D eigenvalue weighted by molar-refractivity contribution is 0.411. The van der Waals surface area contributed by atoms with Crippen molar-refractivity contribution in [3.05, 3.63) is 93.8 Å². The molecule has 5 aromatic rings. The first-order chi connectivity index (χ1) is 15.6. The summed E-state index contributed by atoms with van der Waals surface area (Å²) in [6.07, 6.45) is 0. The van der Waals surface area contributed by atoms with E-state index in [-0.39, 0.29) is 5.56 Å². The summed E-state index contributed by atoms with van der Waals surface area (Å²) in [6.45, 7) is 4.10. The van der Waals surface area contributed by atoms with Crippen LogP contribution < -0.4 is 10.3 Å². The number of para-hydroxylation sites is 1. The Bertz CT molecular complexity index is 1520. The molecule has 5 nitrogen and oxygen atoms in total. The number of methoxy groups -OCH3 is 1. The number of nitrogens with one attached hydrogen (secondary N) is 1. The number of aromatic nitrogens is 3. The third kappa shape index (κ3) is 3.46. The number of ether oxygens (including phenoxy) is 1. The first kappa shape index (κ1) is 20.4. The van der Waals surface area contributed by atoms with Crippen molar-refractivity contribution in [3.63, 3.8) is 0 Å². The van der Waals surface area contributed by atoms with Crippen molar-refractivity contribution in [2.45, 2.75) is 24.8 Å². The van der Waals surface area contributed by atoms with Gasteiger partial charge in [-0.25, -0.2) is 9.55 Å². The summed E-state index contributed by atoms with van der Waals surface area (Å²) in [5.74, 6) is 1.34. The molecule has 0 aliphatic rings. The second kappa shape index (κ2) is 8.20. The molecule has 3 aromatic carbocycles. The van der Waals surface area contributed by atoms with Crippen molar-refractivity contribution in [2.24, 2.45) is 0 Å². The van der Waals surface area contributed by atoms with Gasteiger partial charge in [0.2, 0.25) is 0 Å². The van der Waals surface area contributed by atoms with Crippen LogP contribution in [0, 0.1) is 13.8 Å². The Hall–Kier alpha value is -3.51. The molecular weight excluding hydrogens is 418 g/mol. The summed E-state index contributed by atoms with van der Waals surface area (Å²) >= 11 is 1.56. The molecule has 0 saturated heterocycles. The van der Waals surface area contributed by atoms with E-state index in [4.69, 9.17) is 9.72 Å². The quantitative estimate of drug-likeness (QED) is 0.277. The lowest BCUT2D eigenvalue weighted by Gasteiger charge is -2.16. The van der Waals surface area contributed by atoms with E-state index in [9.17, 15) is 4.79 Å². The highest BCUT2D eigenvalue weighted by Crippen LogP contribution is 2.31. The van der Waals surface area contributed by atoms with E-state index >= 15 is 0 Å². The maximum absolute atomic E-state index is 13.8. The number of hydrogen-bond acceptors (Lipinski definition) is 4. The van der Waals surface area contributed by atoms with Gasteiger partial charge in [-0.1, -0.05) is 60.3 Å². The summed E-state index contributed by atoms with van der Waals surface area (Å²) in [7, 11) is 1.62. The first-order valence-corrected chi connectivity index (χ1v) is 11.4. The van der Waals surface area contributed by atoms with Crippen LogP contribution in [0.4, 0.5) is 0 Å². The van der Waals surface area contributed by atoms with E-state index in [1.54, 1.807) is 23.4 Å². The van der Waals surface area contributed by atoms with Gasteiger partial charge in [-0.3, -0.25) is 4.79 Å². The minimum atomic E-state index is -0.137. The van der Waals surface area contributed by atoms with Crippen molar-refractivity contribution in [1.29, 1.82) is 0 Å². The number of H-pyrrole nitrogens is 1. The lowest BCUT2D eigenvalue weighted by Crippen LogP contribution is -2.22. The van der Waals surface area contributed by atoms with Crippen LogP contribution >= 0.6 is 11.8 Å². The minimum absolute atomic E-state index is 0.137. The maximum atomic E-state index is 13.8. The smallest absolute Gasteiger partial charge is 0.283 e. The van der Waals surface area contributed by atoms with Crippen LogP contribution in [0.3, 0.4) is 0 Å². The largest absolute Gasteiger partial charge is 0.495 e. The van der Waals surface area contributed by atoms with Gasteiger partial charge in [0.25, 0.3) is 5.56 Å². The zero-order valence-electron chi connectivity index (χ0n) is 18.2. The molecule has 0 fully saturated rings. The molecule has 5 rings (SSSR count). The fourth-order valence-electron chi connectivity index (χ4n) is 3.94. The van der Waals surface area contributed by atoms with Gasteiger partial charge >= 0.3 is 0 Å². The van der Waals surface area contributed by atoms with E-state index < -0.39 is 0 Å². The molecule has 2 aromatic heterocycles. The molecule has 0 radical (unpaired) electrons. The van der Waals surface area contributed by atoms with Crippen LogP contribution in [0.1, 0.15) is 16.7 Å². The molecule has 160 valence electrons. The molecule has 0 aliphatic heterocycles. The highest BCUT2D eigenvalue weighted by atomic mass is 32.2. The molecule has 0 amide bonds. The zero-order chi connectivity index (χ0) is 22.2. The van der Waals surface area contributed by atoms with Gasteiger partial charge < -0.3 is 9.72 Å². The Labute approximate surface area is 190 Å². The molecule has 0 unspecified atom stereocenters. The van der Waals surface area contributed by atoms with Crippen molar-refractivity contribution in [2.75, 3.05) is 7.11 Å². The number of thioether (sulfide) groups is 1. The van der Waals surface area contributed by atoms with Gasteiger partial charge in [-0.2, -0.15) is 0 Å². The van der Waals surface area contributed by atoms with Gasteiger partial charge in [0.05, 0.1) is 12.8 Å². The Morgan fingerprint density at radius 3 is 2.62 bits per heavy atom. The van der Waals surface area contributed by atoms with Crippen molar-refractivity contribution < 1.29 is 4.74 Å². The predicted octanol–water partition coefficient (Wildman–Crippen LogP) is 5.78. The van der Waals surface area contributed by atoms with Gasteiger partial charge in [0.1, 0.15) is 16.8 Å². The number of rotatable bonds is 5. The first-order valence-electron chi connectivity index (χ1n) is 10.4. The van der Waals surface area contributed by atoms with Gasteiger partial charge in [0.15, 0.2) is 5.16 Å². The fourth-order valence-corrected chi connectivity index (χ4v) is 5.02. The standard InChI is InChI=1S/C26H23N3O2S/c1-16-12-13-22(31-3)21(14-16)29-25(30)24-23(19-10-6-7-11-20(19)27-24)28-26(29)32-15-18-9-5-4-8-17(18)2/h4-14,27H,15H2,1-3H3. The Kier molecular flexibility index (Phi) is 5.23. The summed E-state index contributed by atoms with van der Waals surface area (Å²) in [5.41, 5.74) is 6.12. The third-order valence-electron chi connectivity index (χ3n) is 5.69.